The molecule has 178 valence electrons. The fourth-order valence-corrected chi connectivity index (χ4v) is 4.32. The van der Waals surface area contributed by atoms with Crippen LogP contribution in [0.25, 0.3) is 0 Å². The van der Waals surface area contributed by atoms with Crippen LogP contribution in [0.4, 0.5) is 0 Å². The van der Waals surface area contributed by atoms with Crippen molar-refractivity contribution in [2.24, 2.45) is 0 Å². The van der Waals surface area contributed by atoms with Gasteiger partial charge in [0.05, 0.1) is 12.4 Å². The second-order valence-corrected chi connectivity index (χ2v) is 10.7. The number of carbonyl (C=O) groups excluding carboxylic acids is 1. The molecule has 0 spiro atoms. The van der Waals surface area contributed by atoms with Crippen molar-refractivity contribution in [2.45, 2.75) is 102 Å². The van der Waals surface area contributed by atoms with Crippen LogP contribution < -0.4 is 0 Å². The van der Waals surface area contributed by atoms with Gasteiger partial charge in [0.25, 0.3) is 20.2 Å². The van der Waals surface area contributed by atoms with Crippen LogP contribution in [0.1, 0.15) is 96.8 Å². The Bertz CT molecular complexity index is 639. The van der Waals surface area contributed by atoms with Crippen molar-refractivity contribution >= 4 is 85.3 Å². The van der Waals surface area contributed by atoms with E-state index in [1.54, 1.807) is 0 Å². The second-order valence-electron chi connectivity index (χ2n) is 7.49. The molecule has 0 fully saturated rings. The minimum atomic E-state index is -4.59. The van der Waals surface area contributed by atoms with E-state index in [1.807, 2.05) is 0 Å². The average molecular weight is 507 g/mol. The van der Waals surface area contributed by atoms with Gasteiger partial charge in [-0.05, 0) is 12.8 Å². The van der Waals surface area contributed by atoms with Crippen molar-refractivity contribution in [3.05, 3.63) is 0 Å². The summed E-state index contributed by atoms with van der Waals surface area (Å²) in [6.07, 6.45) is 13.1. The molecule has 12 heteroatoms. The van der Waals surface area contributed by atoms with Crippen LogP contribution in [0, 0.1) is 0 Å². The first-order valence-electron chi connectivity index (χ1n) is 10.7. The second kappa shape index (κ2) is 21.8. The van der Waals surface area contributed by atoms with Gasteiger partial charge in [-0.3, -0.25) is 13.9 Å². The number of carbonyl (C=O) groups is 1. The standard InChI is InChI=1S/C19H38O8S2.2Na.2H/c1-2-3-4-5-6-7-8-9-10-11-12-13-15-18(29(24,25)26)19(20)27-16-14-17-28(21,22)23;;;;/h18H,2-17H2,1H3,(H,21,22,23)(H,24,25,26);;;;. The predicted molar refractivity (Wildman–Crippen MR) is 127 cm³/mol. The number of unbranched alkanes of at least 4 members (excludes halogenated alkanes) is 11. The average Bonchev–Trinajstić information content (AvgIpc) is 2.60. The third-order valence-corrected chi connectivity index (χ3v) is 6.69. The topological polar surface area (TPSA) is 135 Å². The molecule has 0 radical (unpaired) electrons. The van der Waals surface area contributed by atoms with Crippen LogP contribution in [-0.2, 0) is 29.8 Å². The zero-order valence-corrected chi connectivity index (χ0v) is 19.2. The molecule has 0 saturated heterocycles. The SMILES string of the molecule is CCCCCCCCCCCCCCC(C(=O)OCCCS(=O)(=O)O)S(=O)(=O)O.[NaH].[NaH]. The molecule has 0 aromatic rings. The zero-order chi connectivity index (χ0) is 22.2. The Morgan fingerprint density at radius 2 is 1.16 bits per heavy atom. The summed E-state index contributed by atoms with van der Waals surface area (Å²) in [5.41, 5.74) is 0. The molecule has 0 aliphatic rings. The van der Waals surface area contributed by atoms with E-state index >= 15 is 0 Å². The third kappa shape index (κ3) is 24.2. The van der Waals surface area contributed by atoms with E-state index < -0.39 is 37.2 Å². The summed E-state index contributed by atoms with van der Waals surface area (Å²) < 4.78 is 66.6. The van der Waals surface area contributed by atoms with Crippen molar-refractivity contribution in [3.63, 3.8) is 0 Å². The Labute approximate surface area is 233 Å². The first kappa shape index (κ1) is 36.9. The van der Waals surface area contributed by atoms with Crippen LogP contribution >= 0.6 is 0 Å². The van der Waals surface area contributed by atoms with E-state index in [0.29, 0.717) is 6.42 Å². The Kier molecular flexibility index (Phi) is 25.9. The molecule has 1 atom stereocenters. The molecule has 0 aromatic heterocycles. The summed E-state index contributed by atoms with van der Waals surface area (Å²) in [5.74, 6) is -1.68. The summed E-state index contributed by atoms with van der Waals surface area (Å²) in [6, 6.07) is 0. The van der Waals surface area contributed by atoms with Gasteiger partial charge in [0.2, 0.25) is 0 Å². The van der Waals surface area contributed by atoms with Crippen LogP contribution in [0.15, 0.2) is 0 Å². The fourth-order valence-electron chi connectivity index (χ4n) is 3.07. The fraction of sp³-hybridized carbons (Fsp3) is 0.947. The Morgan fingerprint density at radius 3 is 1.55 bits per heavy atom. The van der Waals surface area contributed by atoms with Crippen molar-refractivity contribution < 1.29 is 35.5 Å². The number of hydrogen-bond acceptors (Lipinski definition) is 6. The van der Waals surface area contributed by atoms with Gasteiger partial charge in [-0.15, -0.1) is 0 Å². The molecular weight excluding hydrogens is 466 g/mol. The van der Waals surface area contributed by atoms with E-state index in [0.717, 1.165) is 25.7 Å². The van der Waals surface area contributed by atoms with Gasteiger partial charge in [0.1, 0.15) is 0 Å². The van der Waals surface area contributed by atoms with Gasteiger partial charge < -0.3 is 4.74 Å². The van der Waals surface area contributed by atoms with Gasteiger partial charge in [-0.1, -0.05) is 84.0 Å². The van der Waals surface area contributed by atoms with Crippen LogP contribution in [0.5, 0.6) is 0 Å². The molecule has 8 nitrogen and oxygen atoms in total. The van der Waals surface area contributed by atoms with E-state index in [-0.39, 0.29) is 78.6 Å². The van der Waals surface area contributed by atoms with Crippen molar-refractivity contribution in [2.75, 3.05) is 12.4 Å². The van der Waals surface area contributed by atoms with Gasteiger partial charge in [0, 0.05) is 0 Å². The first-order chi connectivity index (χ1) is 13.6. The van der Waals surface area contributed by atoms with Crippen LogP contribution in [-0.4, -0.2) is 109 Å². The third-order valence-electron chi connectivity index (χ3n) is 4.73. The number of esters is 1. The summed E-state index contributed by atoms with van der Waals surface area (Å²) >= 11 is 0. The molecule has 0 aliphatic carbocycles. The Balaban J connectivity index is -0.00000392. The summed E-state index contributed by atoms with van der Waals surface area (Å²) in [4.78, 5) is 11.9. The summed E-state index contributed by atoms with van der Waals surface area (Å²) in [5, 5.41) is -1.66. The Morgan fingerprint density at radius 1 is 0.742 bits per heavy atom. The monoisotopic (exact) mass is 506 g/mol. The molecule has 1 unspecified atom stereocenters. The maximum absolute atomic E-state index is 11.9. The van der Waals surface area contributed by atoms with Crippen molar-refractivity contribution in [3.8, 4) is 0 Å². The molecule has 0 saturated carbocycles. The number of hydrogen-bond donors (Lipinski definition) is 2. The Hall–Kier alpha value is 1.29. The van der Waals surface area contributed by atoms with Gasteiger partial charge in [-0.2, -0.15) is 16.8 Å². The zero-order valence-electron chi connectivity index (χ0n) is 17.6. The van der Waals surface area contributed by atoms with Crippen molar-refractivity contribution in [1.29, 1.82) is 0 Å². The molecule has 31 heavy (non-hydrogen) atoms. The molecule has 2 N–H and O–H groups in total. The van der Waals surface area contributed by atoms with Crippen molar-refractivity contribution in [1.82, 2.24) is 0 Å². The number of ether oxygens (including phenoxy) is 1. The van der Waals surface area contributed by atoms with Gasteiger partial charge in [0.15, 0.2) is 5.25 Å². The van der Waals surface area contributed by atoms with E-state index in [1.165, 1.54) is 44.9 Å². The van der Waals surface area contributed by atoms with Gasteiger partial charge in [-0.25, -0.2) is 0 Å². The normalized spacial score (nSPS) is 12.5. The van der Waals surface area contributed by atoms with E-state index in [9.17, 15) is 26.2 Å². The molecule has 0 bridgehead atoms. The van der Waals surface area contributed by atoms with Crippen LogP contribution in [0.3, 0.4) is 0 Å². The first-order valence-corrected chi connectivity index (χ1v) is 13.8. The quantitative estimate of drug-likeness (QED) is 0.118. The molecule has 0 aromatic carbocycles. The molecule has 0 aliphatic heterocycles. The molecular formula is C19H40Na2O8S2. The molecule has 0 rings (SSSR count). The van der Waals surface area contributed by atoms with E-state index in [4.69, 9.17) is 9.29 Å². The van der Waals surface area contributed by atoms with Gasteiger partial charge >= 0.3 is 65.1 Å². The number of rotatable bonds is 19. The molecule has 0 heterocycles. The molecule has 0 amide bonds. The summed E-state index contributed by atoms with van der Waals surface area (Å²) in [6.45, 7) is 1.86. The summed E-state index contributed by atoms with van der Waals surface area (Å²) in [7, 11) is -8.75. The van der Waals surface area contributed by atoms with E-state index in [2.05, 4.69) is 6.92 Å². The maximum atomic E-state index is 11.9. The minimum absolute atomic E-state index is 0. The predicted octanol–water partition coefficient (Wildman–Crippen LogP) is 2.86. The van der Waals surface area contributed by atoms with Crippen LogP contribution in [0.2, 0.25) is 0 Å².